The summed E-state index contributed by atoms with van der Waals surface area (Å²) in [5.41, 5.74) is 4.01. The molecule has 2 aliphatic rings. The lowest BCUT2D eigenvalue weighted by atomic mass is 9.83. The van der Waals surface area contributed by atoms with Gasteiger partial charge in [-0.2, -0.15) is 0 Å². The molecule has 0 N–H and O–H groups in total. The maximum absolute atomic E-state index is 12.9. The lowest BCUT2D eigenvalue weighted by Gasteiger charge is -2.25. The van der Waals surface area contributed by atoms with Crippen LogP contribution in [0.5, 0.6) is 0 Å². The number of nitrogens with zero attached hydrogens (tertiary/aromatic N) is 1. The molecule has 2 aliphatic heterocycles. The van der Waals surface area contributed by atoms with E-state index in [1.165, 1.54) is 10.5 Å². The Bertz CT molecular complexity index is 659. The van der Waals surface area contributed by atoms with Crippen LogP contribution in [0.25, 0.3) is 0 Å². The molecule has 0 fully saturated rings. The van der Waals surface area contributed by atoms with E-state index in [4.69, 9.17) is 0 Å². The maximum Gasteiger partial charge on any atom is 0.257 e. The Hall–Kier alpha value is -1.90. The van der Waals surface area contributed by atoms with E-state index in [9.17, 15) is 9.59 Å². The van der Waals surface area contributed by atoms with Crippen LogP contribution in [-0.2, 0) is 22.6 Å². The first-order valence-corrected chi connectivity index (χ1v) is 8.83. The summed E-state index contributed by atoms with van der Waals surface area (Å²) in [5.74, 6) is 0.0973. The minimum atomic E-state index is -0.0451. The van der Waals surface area contributed by atoms with Gasteiger partial charge in [-0.1, -0.05) is 51.0 Å². The van der Waals surface area contributed by atoms with E-state index in [0.29, 0.717) is 6.54 Å². The molecule has 0 radical (unpaired) electrons. The molecule has 0 spiro atoms. The number of hydrogen-bond acceptors (Lipinski definition) is 2. The number of imide groups is 1. The van der Waals surface area contributed by atoms with E-state index in [0.717, 1.165) is 55.2 Å². The minimum Gasteiger partial charge on any atom is -0.270 e. The molecular formula is C20H25NO2. The summed E-state index contributed by atoms with van der Waals surface area (Å²) in [6.45, 7) is 4.69. The first kappa shape index (κ1) is 16.0. The standard InChI is InChI=1S/C20H25NO2/c1-3-5-11-17-18-15(8-4-2)12-14-9-6-7-10-16(14)13-21(19(17)22)20(18)23/h6-7,9-10,15H,3-5,8,11-13H2,1-2H3. The molecule has 2 heterocycles. The highest BCUT2D eigenvalue weighted by atomic mass is 16.2. The summed E-state index contributed by atoms with van der Waals surface area (Å²) in [6, 6.07) is 8.24. The molecule has 1 unspecified atom stereocenters. The normalized spacial score (nSPS) is 20.6. The lowest BCUT2D eigenvalue weighted by Crippen LogP contribution is -2.34. The van der Waals surface area contributed by atoms with Crippen molar-refractivity contribution in [2.24, 2.45) is 5.92 Å². The summed E-state index contributed by atoms with van der Waals surface area (Å²) in [7, 11) is 0. The molecule has 3 nitrogen and oxygen atoms in total. The average Bonchev–Trinajstić information content (AvgIpc) is 2.79. The van der Waals surface area contributed by atoms with Crippen molar-refractivity contribution in [1.29, 1.82) is 0 Å². The van der Waals surface area contributed by atoms with Crippen LogP contribution in [0.1, 0.15) is 57.1 Å². The van der Waals surface area contributed by atoms with Gasteiger partial charge in [-0.05, 0) is 42.7 Å². The highest BCUT2D eigenvalue weighted by Crippen LogP contribution is 2.37. The molecule has 1 aromatic rings. The average molecular weight is 311 g/mol. The maximum atomic E-state index is 12.9. The molecule has 0 saturated heterocycles. The van der Waals surface area contributed by atoms with Crippen molar-refractivity contribution in [2.75, 3.05) is 0 Å². The topological polar surface area (TPSA) is 37.4 Å². The number of rotatable bonds is 5. The molecule has 3 heteroatoms. The molecule has 0 saturated carbocycles. The first-order valence-electron chi connectivity index (χ1n) is 8.83. The number of fused-ring (bicyclic) bond motifs is 3. The van der Waals surface area contributed by atoms with Gasteiger partial charge in [0.25, 0.3) is 11.8 Å². The van der Waals surface area contributed by atoms with Gasteiger partial charge in [0.1, 0.15) is 0 Å². The molecule has 23 heavy (non-hydrogen) atoms. The number of carbonyl (C=O) groups excluding carboxylic acids is 2. The van der Waals surface area contributed by atoms with Crippen molar-refractivity contribution in [3.05, 3.63) is 46.5 Å². The van der Waals surface area contributed by atoms with Crippen LogP contribution in [0.15, 0.2) is 35.4 Å². The number of carbonyl (C=O) groups is 2. The van der Waals surface area contributed by atoms with Crippen LogP contribution in [0.3, 0.4) is 0 Å². The van der Waals surface area contributed by atoms with Crippen molar-refractivity contribution >= 4 is 11.8 Å². The second-order valence-electron chi connectivity index (χ2n) is 6.65. The van der Waals surface area contributed by atoms with Crippen molar-refractivity contribution in [3.63, 3.8) is 0 Å². The molecule has 2 bridgehead atoms. The van der Waals surface area contributed by atoms with Crippen LogP contribution >= 0.6 is 0 Å². The third kappa shape index (κ3) is 2.85. The second-order valence-corrected chi connectivity index (χ2v) is 6.65. The van der Waals surface area contributed by atoms with Crippen LogP contribution in [0.2, 0.25) is 0 Å². The lowest BCUT2D eigenvalue weighted by molar-refractivity contribution is -0.138. The zero-order valence-corrected chi connectivity index (χ0v) is 14.1. The summed E-state index contributed by atoms with van der Waals surface area (Å²) in [4.78, 5) is 27.2. The van der Waals surface area contributed by atoms with Gasteiger partial charge in [-0.3, -0.25) is 14.5 Å². The predicted molar refractivity (Wildman–Crippen MR) is 90.7 cm³/mol. The van der Waals surface area contributed by atoms with E-state index in [2.05, 4.69) is 26.0 Å². The van der Waals surface area contributed by atoms with Gasteiger partial charge < -0.3 is 0 Å². The Morgan fingerprint density at radius 3 is 2.48 bits per heavy atom. The van der Waals surface area contributed by atoms with Crippen molar-refractivity contribution in [1.82, 2.24) is 4.90 Å². The van der Waals surface area contributed by atoms with E-state index >= 15 is 0 Å². The highest BCUT2D eigenvalue weighted by Gasteiger charge is 2.42. The number of unbranched alkanes of at least 4 members (excludes halogenated alkanes) is 1. The largest absolute Gasteiger partial charge is 0.270 e. The third-order valence-corrected chi connectivity index (χ3v) is 5.04. The molecule has 1 aromatic carbocycles. The number of benzene rings is 1. The fourth-order valence-corrected chi connectivity index (χ4v) is 3.85. The van der Waals surface area contributed by atoms with Gasteiger partial charge in [-0.25, -0.2) is 0 Å². The van der Waals surface area contributed by atoms with Crippen LogP contribution < -0.4 is 0 Å². The smallest absolute Gasteiger partial charge is 0.257 e. The summed E-state index contributed by atoms with van der Waals surface area (Å²) in [5, 5.41) is 0. The van der Waals surface area contributed by atoms with Crippen LogP contribution in [-0.4, -0.2) is 16.7 Å². The fourth-order valence-electron chi connectivity index (χ4n) is 3.85. The van der Waals surface area contributed by atoms with Gasteiger partial charge in [0.15, 0.2) is 0 Å². The Labute approximate surface area is 138 Å². The molecule has 122 valence electrons. The zero-order chi connectivity index (χ0) is 16.4. The Morgan fingerprint density at radius 1 is 1.04 bits per heavy atom. The highest BCUT2D eigenvalue weighted by molar-refractivity contribution is 6.19. The first-order chi connectivity index (χ1) is 11.2. The SMILES string of the molecule is CCCCC1=C2C(=O)N(Cc3ccccc3CC2CCC)C1=O. The Morgan fingerprint density at radius 2 is 1.78 bits per heavy atom. The second kappa shape index (κ2) is 6.69. The summed E-state index contributed by atoms with van der Waals surface area (Å²) < 4.78 is 0. The Kier molecular flexibility index (Phi) is 4.65. The molecular weight excluding hydrogens is 286 g/mol. The van der Waals surface area contributed by atoms with E-state index in [-0.39, 0.29) is 17.7 Å². The quantitative estimate of drug-likeness (QED) is 0.770. The summed E-state index contributed by atoms with van der Waals surface area (Å²) >= 11 is 0. The zero-order valence-electron chi connectivity index (χ0n) is 14.1. The molecule has 3 rings (SSSR count). The van der Waals surface area contributed by atoms with Crippen molar-refractivity contribution in [2.45, 2.75) is 58.9 Å². The van der Waals surface area contributed by atoms with Crippen LogP contribution in [0, 0.1) is 5.92 Å². The Balaban J connectivity index is 2.07. The molecule has 1 atom stereocenters. The predicted octanol–water partition coefficient (Wildman–Crippen LogP) is 4.01. The summed E-state index contributed by atoms with van der Waals surface area (Å²) in [6.07, 6.45) is 5.62. The third-order valence-electron chi connectivity index (χ3n) is 5.04. The van der Waals surface area contributed by atoms with Crippen LogP contribution in [0.4, 0.5) is 0 Å². The number of hydrogen-bond donors (Lipinski definition) is 0. The monoisotopic (exact) mass is 311 g/mol. The van der Waals surface area contributed by atoms with Gasteiger partial charge in [0.2, 0.25) is 0 Å². The molecule has 0 aliphatic carbocycles. The van der Waals surface area contributed by atoms with Crippen molar-refractivity contribution in [3.8, 4) is 0 Å². The molecule has 2 amide bonds. The van der Waals surface area contributed by atoms with E-state index in [1.54, 1.807) is 0 Å². The minimum absolute atomic E-state index is 0.0333. The fraction of sp³-hybridized carbons (Fsp3) is 0.500. The van der Waals surface area contributed by atoms with Gasteiger partial charge in [-0.15, -0.1) is 0 Å². The van der Waals surface area contributed by atoms with Gasteiger partial charge in [0, 0.05) is 11.1 Å². The van der Waals surface area contributed by atoms with Gasteiger partial charge >= 0.3 is 0 Å². The van der Waals surface area contributed by atoms with Crippen molar-refractivity contribution < 1.29 is 9.59 Å². The number of amides is 2. The molecule has 0 aromatic heterocycles. The van der Waals surface area contributed by atoms with E-state index < -0.39 is 0 Å². The van der Waals surface area contributed by atoms with E-state index in [1.807, 2.05) is 12.1 Å². The van der Waals surface area contributed by atoms with Gasteiger partial charge in [0.05, 0.1) is 6.54 Å².